The second kappa shape index (κ2) is 7.45. The summed E-state index contributed by atoms with van der Waals surface area (Å²) in [5.41, 5.74) is 2.88. The molecule has 1 aliphatic carbocycles. The summed E-state index contributed by atoms with van der Waals surface area (Å²) in [6, 6.07) is 10.4. The van der Waals surface area contributed by atoms with Gasteiger partial charge in [0, 0.05) is 12.1 Å². The van der Waals surface area contributed by atoms with E-state index in [4.69, 9.17) is 0 Å². The Balaban J connectivity index is 1.97. The molecule has 21 heavy (non-hydrogen) atoms. The second-order valence-corrected chi connectivity index (χ2v) is 7.64. The van der Waals surface area contributed by atoms with E-state index in [0.717, 1.165) is 17.8 Å². The van der Waals surface area contributed by atoms with Crippen LogP contribution in [0.4, 0.5) is 0 Å². The fourth-order valence-electron chi connectivity index (χ4n) is 3.81. The molecule has 1 N–H and O–H groups in total. The van der Waals surface area contributed by atoms with Crippen LogP contribution in [0.25, 0.3) is 0 Å². The Labute approximate surface area is 131 Å². The van der Waals surface area contributed by atoms with E-state index >= 15 is 0 Å². The van der Waals surface area contributed by atoms with Crippen molar-refractivity contribution >= 4 is 0 Å². The zero-order valence-corrected chi connectivity index (χ0v) is 14.5. The summed E-state index contributed by atoms with van der Waals surface area (Å²) in [7, 11) is 0. The molecule has 1 aliphatic rings. The lowest BCUT2D eigenvalue weighted by molar-refractivity contribution is 0.196. The summed E-state index contributed by atoms with van der Waals surface area (Å²) in [5, 5.41) is 3.89. The van der Waals surface area contributed by atoms with Crippen molar-refractivity contribution in [2.75, 3.05) is 0 Å². The monoisotopic (exact) mass is 287 g/mol. The van der Waals surface area contributed by atoms with E-state index in [1.54, 1.807) is 0 Å². The van der Waals surface area contributed by atoms with Crippen molar-refractivity contribution in [3.05, 3.63) is 35.4 Å². The summed E-state index contributed by atoms with van der Waals surface area (Å²) in [5.74, 6) is 2.34. The number of benzene rings is 1. The predicted octanol–water partition coefficient (Wildman–Crippen LogP) is 5.36. The molecule has 118 valence electrons. The van der Waals surface area contributed by atoms with Crippen LogP contribution >= 0.6 is 0 Å². The van der Waals surface area contributed by atoms with Gasteiger partial charge in [0.25, 0.3) is 0 Å². The predicted molar refractivity (Wildman–Crippen MR) is 92.5 cm³/mol. The van der Waals surface area contributed by atoms with Gasteiger partial charge in [-0.2, -0.15) is 0 Å². The number of hydrogen-bond donors (Lipinski definition) is 1. The molecule has 0 aliphatic heterocycles. The third kappa shape index (κ3) is 4.57. The van der Waals surface area contributed by atoms with Gasteiger partial charge in [0.15, 0.2) is 0 Å². The molecule has 2 rings (SSSR count). The Hall–Kier alpha value is -0.820. The highest BCUT2D eigenvalue weighted by Crippen LogP contribution is 2.30. The van der Waals surface area contributed by atoms with Gasteiger partial charge < -0.3 is 5.32 Å². The Kier molecular flexibility index (Phi) is 5.87. The average Bonchev–Trinajstić information content (AvgIpc) is 2.43. The van der Waals surface area contributed by atoms with Gasteiger partial charge in [0.2, 0.25) is 0 Å². The lowest BCUT2D eigenvalue weighted by atomic mass is 9.78. The van der Waals surface area contributed by atoms with E-state index in [2.05, 4.69) is 64.2 Å². The molecular weight excluding hydrogens is 254 g/mol. The minimum absolute atomic E-state index is 0.450. The highest BCUT2D eigenvalue weighted by atomic mass is 15.0. The molecule has 0 aromatic heterocycles. The third-order valence-corrected chi connectivity index (χ3v) is 5.11. The molecule has 0 radical (unpaired) electrons. The largest absolute Gasteiger partial charge is 0.307 e. The summed E-state index contributed by atoms with van der Waals surface area (Å²) in [6.07, 6.45) is 5.34. The van der Waals surface area contributed by atoms with Crippen molar-refractivity contribution < 1.29 is 0 Å². The molecule has 0 bridgehead atoms. The average molecular weight is 287 g/mol. The molecule has 1 aromatic carbocycles. The Morgan fingerprint density at radius 2 is 1.57 bits per heavy atom. The van der Waals surface area contributed by atoms with Gasteiger partial charge >= 0.3 is 0 Å². The maximum Gasteiger partial charge on any atom is 0.0294 e. The standard InChI is InChI=1S/C20H33N/c1-14(2)13-18-9-11-19(12-10-18)17(5)21-20-15(3)7-6-8-16(20)4/h9-12,14-17,20-21H,6-8,13H2,1-5H3. The van der Waals surface area contributed by atoms with Crippen LogP contribution in [-0.4, -0.2) is 6.04 Å². The van der Waals surface area contributed by atoms with Gasteiger partial charge in [-0.15, -0.1) is 0 Å². The zero-order chi connectivity index (χ0) is 15.4. The molecule has 1 saturated carbocycles. The van der Waals surface area contributed by atoms with E-state index in [-0.39, 0.29) is 0 Å². The highest BCUT2D eigenvalue weighted by Gasteiger charge is 2.28. The fraction of sp³-hybridized carbons (Fsp3) is 0.700. The van der Waals surface area contributed by atoms with Gasteiger partial charge in [-0.3, -0.25) is 0 Å². The first kappa shape index (κ1) is 16.5. The van der Waals surface area contributed by atoms with Crippen LogP contribution < -0.4 is 5.32 Å². The lowest BCUT2D eigenvalue weighted by Gasteiger charge is -2.37. The summed E-state index contributed by atoms with van der Waals surface area (Å²) in [4.78, 5) is 0. The topological polar surface area (TPSA) is 12.0 Å². The molecular formula is C20H33N. The lowest BCUT2D eigenvalue weighted by Crippen LogP contribution is -2.43. The van der Waals surface area contributed by atoms with E-state index in [1.807, 2.05) is 0 Å². The molecule has 1 fully saturated rings. The first-order valence-electron chi connectivity index (χ1n) is 8.82. The van der Waals surface area contributed by atoms with Crippen LogP contribution in [-0.2, 0) is 6.42 Å². The minimum atomic E-state index is 0.450. The van der Waals surface area contributed by atoms with Crippen LogP contribution in [0.5, 0.6) is 0 Å². The van der Waals surface area contributed by atoms with E-state index < -0.39 is 0 Å². The number of nitrogens with one attached hydrogen (secondary N) is 1. The SMILES string of the molecule is CC(C)Cc1ccc(C(C)NC2C(C)CCCC2C)cc1. The summed E-state index contributed by atoms with van der Waals surface area (Å²) >= 11 is 0. The number of hydrogen-bond acceptors (Lipinski definition) is 1. The van der Waals surface area contributed by atoms with Crippen molar-refractivity contribution in [3.8, 4) is 0 Å². The molecule has 0 spiro atoms. The highest BCUT2D eigenvalue weighted by molar-refractivity contribution is 5.25. The van der Waals surface area contributed by atoms with E-state index in [0.29, 0.717) is 12.1 Å². The van der Waals surface area contributed by atoms with Gasteiger partial charge in [-0.25, -0.2) is 0 Å². The third-order valence-electron chi connectivity index (χ3n) is 5.11. The van der Waals surface area contributed by atoms with Gasteiger partial charge in [0.05, 0.1) is 0 Å². The van der Waals surface area contributed by atoms with Gasteiger partial charge in [-0.05, 0) is 55.1 Å². The summed E-state index contributed by atoms with van der Waals surface area (Å²) in [6.45, 7) is 11.7. The van der Waals surface area contributed by atoms with Crippen LogP contribution in [0, 0.1) is 17.8 Å². The maximum absolute atomic E-state index is 3.89. The molecule has 0 heterocycles. The zero-order valence-electron chi connectivity index (χ0n) is 14.5. The van der Waals surface area contributed by atoms with E-state index in [1.165, 1.54) is 36.8 Å². The van der Waals surface area contributed by atoms with Gasteiger partial charge in [0.1, 0.15) is 0 Å². The smallest absolute Gasteiger partial charge is 0.0294 e. The quantitative estimate of drug-likeness (QED) is 0.768. The van der Waals surface area contributed by atoms with Crippen LogP contribution in [0.2, 0.25) is 0 Å². The molecule has 0 amide bonds. The molecule has 3 atom stereocenters. The molecule has 3 unspecified atom stereocenters. The Morgan fingerprint density at radius 3 is 2.10 bits per heavy atom. The first-order chi connectivity index (χ1) is 9.97. The van der Waals surface area contributed by atoms with Crippen LogP contribution in [0.3, 0.4) is 0 Å². The normalized spacial score (nSPS) is 27.8. The van der Waals surface area contributed by atoms with Crippen molar-refractivity contribution in [1.29, 1.82) is 0 Å². The van der Waals surface area contributed by atoms with Crippen LogP contribution in [0.1, 0.15) is 71.0 Å². The summed E-state index contributed by atoms with van der Waals surface area (Å²) < 4.78 is 0. The first-order valence-corrected chi connectivity index (χ1v) is 8.82. The minimum Gasteiger partial charge on any atom is -0.307 e. The van der Waals surface area contributed by atoms with E-state index in [9.17, 15) is 0 Å². The molecule has 1 nitrogen and oxygen atoms in total. The maximum atomic E-state index is 3.89. The number of rotatable bonds is 5. The molecule has 1 aromatic rings. The van der Waals surface area contributed by atoms with Crippen molar-refractivity contribution in [3.63, 3.8) is 0 Å². The van der Waals surface area contributed by atoms with Crippen molar-refractivity contribution in [1.82, 2.24) is 5.32 Å². The fourth-order valence-corrected chi connectivity index (χ4v) is 3.81. The van der Waals surface area contributed by atoms with Crippen LogP contribution in [0.15, 0.2) is 24.3 Å². The van der Waals surface area contributed by atoms with Gasteiger partial charge in [-0.1, -0.05) is 58.4 Å². The van der Waals surface area contributed by atoms with Crippen molar-refractivity contribution in [2.24, 2.45) is 17.8 Å². The molecule has 0 saturated heterocycles. The Morgan fingerprint density at radius 1 is 1.00 bits per heavy atom. The Bertz CT molecular complexity index is 410. The second-order valence-electron chi connectivity index (χ2n) is 7.64. The molecule has 1 heteroatoms. The van der Waals surface area contributed by atoms with Crippen molar-refractivity contribution in [2.45, 2.75) is 72.4 Å².